The number of thiazole rings is 1. The van der Waals surface area contributed by atoms with Crippen LogP contribution < -0.4 is 9.62 Å². The molecule has 0 atom stereocenters. The molecule has 1 aliphatic rings. The van der Waals surface area contributed by atoms with E-state index >= 15 is 0 Å². The van der Waals surface area contributed by atoms with Gasteiger partial charge in [-0.1, -0.05) is 22.9 Å². The van der Waals surface area contributed by atoms with Crippen molar-refractivity contribution in [3.8, 4) is 0 Å². The summed E-state index contributed by atoms with van der Waals surface area (Å²) < 4.78 is 28.5. The van der Waals surface area contributed by atoms with Gasteiger partial charge in [-0.3, -0.25) is 9.52 Å². The molecular weight excluding hydrogens is 394 g/mol. The fourth-order valence-corrected chi connectivity index (χ4v) is 5.22. The monoisotopic (exact) mass is 407 g/mol. The first-order valence-electron chi connectivity index (χ1n) is 7.92. The summed E-state index contributed by atoms with van der Waals surface area (Å²) in [7, 11) is -3.76. The van der Waals surface area contributed by atoms with Crippen LogP contribution in [0.15, 0.2) is 47.4 Å². The molecule has 2 heterocycles. The van der Waals surface area contributed by atoms with Crippen LogP contribution >= 0.6 is 22.9 Å². The molecule has 134 valence electrons. The number of anilines is 2. The number of hydrogen-bond donors (Lipinski definition) is 1. The Morgan fingerprint density at radius 3 is 2.62 bits per heavy atom. The normalized spacial score (nSPS) is 15.0. The van der Waals surface area contributed by atoms with E-state index in [0.29, 0.717) is 29.2 Å². The number of halogens is 1. The largest absolute Gasteiger partial charge is 0.312 e. The highest BCUT2D eigenvalue weighted by Gasteiger charge is 2.23. The molecule has 0 unspecified atom stereocenters. The fourth-order valence-electron chi connectivity index (χ4n) is 2.84. The van der Waals surface area contributed by atoms with E-state index in [0.717, 1.165) is 11.1 Å². The molecule has 1 fully saturated rings. The molecule has 0 saturated carbocycles. The summed E-state index contributed by atoms with van der Waals surface area (Å²) in [5.41, 5.74) is 1.39. The van der Waals surface area contributed by atoms with Gasteiger partial charge < -0.3 is 4.90 Å². The number of carbonyl (C=O) groups excluding carboxylic acids is 1. The summed E-state index contributed by atoms with van der Waals surface area (Å²) in [5.74, 6) is 0.0619. The highest BCUT2D eigenvalue weighted by atomic mass is 35.5. The Kier molecular flexibility index (Phi) is 4.34. The molecule has 2 aromatic carbocycles. The Hall–Kier alpha value is -2.16. The van der Waals surface area contributed by atoms with Crippen molar-refractivity contribution in [3.05, 3.63) is 47.5 Å². The third-order valence-corrected chi connectivity index (χ3v) is 6.76. The van der Waals surface area contributed by atoms with Crippen LogP contribution in [0.5, 0.6) is 0 Å². The maximum absolute atomic E-state index is 12.6. The molecule has 3 aromatic rings. The lowest BCUT2D eigenvalue weighted by atomic mass is 10.3. The molecule has 0 aliphatic carbocycles. The second kappa shape index (κ2) is 6.53. The van der Waals surface area contributed by atoms with Gasteiger partial charge in [-0.15, -0.1) is 0 Å². The summed E-state index contributed by atoms with van der Waals surface area (Å²) in [5, 5.41) is 0.851. The van der Waals surface area contributed by atoms with Crippen molar-refractivity contribution < 1.29 is 13.2 Å². The topological polar surface area (TPSA) is 79.4 Å². The predicted molar refractivity (Wildman–Crippen MR) is 103 cm³/mol. The fraction of sp³-hybridized carbons (Fsp3) is 0.176. The quantitative estimate of drug-likeness (QED) is 0.711. The second-order valence-corrected chi connectivity index (χ2v) is 9.03. The Balaban J connectivity index is 1.58. The van der Waals surface area contributed by atoms with Gasteiger partial charge in [0.1, 0.15) is 0 Å². The van der Waals surface area contributed by atoms with Gasteiger partial charge in [-0.05, 0) is 48.9 Å². The van der Waals surface area contributed by atoms with E-state index in [1.54, 1.807) is 35.2 Å². The maximum Gasteiger partial charge on any atom is 0.263 e. The third kappa shape index (κ3) is 3.27. The first-order chi connectivity index (χ1) is 12.4. The van der Waals surface area contributed by atoms with Crippen LogP contribution in [-0.2, 0) is 14.8 Å². The van der Waals surface area contributed by atoms with Crippen molar-refractivity contribution in [2.24, 2.45) is 0 Å². The number of hydrogen-bond acceptors (Lipinski definition) is 5. The molecule has 1 amide bonds. The van der Waals surface area contributed by atoms with E-state index in [9.17, 15) is 13.2 Å². The Morgan fingerprint density at radius 2 is 1.92 bits per heavy atom. The minimum Gasteiger partial charge on any atom is -0.312 e. The third-order valence-electron chi connectivity index (χ3n) is 4.10. The van der Waals surface area contributed by atoms with E-state index in [-0.39, 0.29) is 15.9 Å². The van der Waals surface area contributed by atoms with Crippen molar-refractivity contribution in [2.75, 3.05) is 16.2 Å². The molecule has 1 aromatic heterocycles. The average Bonchev–Trinajstić information content (AvgIpc) is 3.19. The smallest absolute Gasteiger partial charge is 0.263 e. The number of amides is 1. The molecule has 0 spiro atoms. The molecule has 9 heteroatoms. The standard InChI is InChI=1S/C17H14ClN3O3S2/c18-11-3-8-14-15(10-11)25-17(19-14)20-26(23,24)13-6-4-12(5-7-13)21-9-1-2-16(21)22/h3-8,10H,1-2,9H2,(H,19,20). The van der Waals surface area contributed by atoms with Gasteiger partial charge in [-0.25, -0.2) is 13.4 Å². The molecule has 4 rings (SSSR count). The van der Waals surface area contributed by atoms with Crippen molar-refractivity contribution >= 4 is 59.9 Å². The highest BCUT2D eigenvalue weighted by molar-refractivity contribution is 7.93. The summed E-state index contributed by atoms with van der Waals surface area (Å²) in [6.07, 6.45) is 1.35. The highest BCUT2D eigenvalue weighted by Crippen LogP contribution is 2.30. The zero-order valence-electron chi connectivity index (χ0n) is 13.5. The van der Waals surface area contributed by atoms with Crippen molar-refractivity contribution in [2.45, 2.75) is 17.7 Å². The Labute approximate surface area is 159 Å². The molecular formula is C17H14ClN3O3S2. The van der Waals surface area contributed by atoms with E-state index < -0.39 is 10.0 Å². The molecule has 26 heavy (non-hydrogen) atoms. The zero-order valence-corrected chi connectivity index (χ0v) is 15.9. The lowest BCUT2D eigenvalue weighted by Gasteiger charge is -2.16. The number of sulfonamides is 1. The minimum atomic E-state index is -3.76. The predicted octanol–water partition coefficient (Wildman–Crippen LogP) is 3.88. The van der Waals surface area contributed by atoms with Crippen molar-refractivity contribution in [1.82, 2.24) is 4.98 Å². The van der Waals surface area contributed by atoms with Crippen LogP contribution in [0, 0.1) is 0 Å². The van der Waals surface area contributed by atoms with Crippen LogP contribution in [0.25, 0.3) is 10.2 Å². The molecule has 6 nitrogen and oxygen atoms in total. The molecule has 0 radical (unpaired) electrons. The van der Waals surface area contributed by atoms with Gasteiger partial charge in [0.2, 0.25) is 5.91 Å². The number of rotatable bonds is 4. The summed E-state index contributed by atoms with van der Waals surface area (Å²) in [4.78, 5) is 17.8. The van der Waals surface area contributed by atoms with Gasteiger partial charge in [0, 0.05) is 23.7 Å². The van der Waals surface area contributed by atoms with E-state index in [2.05, 4.69) is 9.71 Å². The molecule has 1 saturated heterocycles. The first kappa shape index (κ1) is 17.3. The lowest BCUT2D eigenvalue weighted by Crippen LogP contribution is -2.23. The number of carbonyl (C=O) groups is 1. The van der Waals surface area contributed by atoms with Gasteiger partial charge in [0.25, 0.3) is 10.0 Å². The summed E-state index contributed by atoms with van der Waals surface area (Å²) in [6.45, 7) is 0.664. The van der Waals surface area contributed by atoms with Gasteiger partial charge in [-0.2, -0.15) is 0 Å². The van der Waals surface area contributed by atoms with Crippen LogP contribution in [0.4, 0.5) is 10.8 Å². The number of aromatic nitrogens is 1. The Bertz CT molecular complexity index is 1090. The summed E-state index contributed by atoms with van der Waals surface area (Å²) >= 11 is 7.17. The number of nitrogens with one attached hydrogen (secondary N) is 1. The number of fused-ring (bicyclic) bond motifs is 1. The second-order valence-electron chi connectivity index (χ2n) is 5.88. The van der Waals surface area contributed by atoms with Gasteiger partial charge >= 0.3 is 0 Å². The first-order valence-corrected chi connectivity index (χ1v) is 10.6. The van der Waals surface area contributed by atoms with Crippen LogP contribution in [0.3, 0.4) is 0 Å². The summed E-state index contributed by atoms with van der Waals surface area (Å²) in [6, 6.07) is 11.5. The van der Waals surface area contributed by atoms with E-state index in [1.807, 2.05) is 0 Å². The molecule has 0 bridgehead atoms. The number of benzene rings is 2. The van der Waals surface area contributed by atoms with Crippen molar-refractivity contribution in [1.29, 1.82) is 0 Å². The zero-order chi connectivity index (χ0) is 18.3. The van der Waals surface area contributed by atoms with Crippen LogP contribution in [0.1, 0.15) is 12.8 Å². The Morgan fingerprint density at radius 1 is 1.15 bits per heavy atom. The number of nitrogens with zero attached hydrogens (tertiary/aromatic N) is 2. The molecule has 1 N–H and O–H groups in total. The molecule has 1 aliphatic heterocycles. The van der Waals surface area contributed by atoms with E-state index in [4.69, 9.17) is 11.6 Å². The van der Waals surface area contributed by atoms with Crippen molar-refractivity contribution in [3.63, 3.8) is 0 Å². The van der Waals surface area contributed by atoms with E-state index in [1.165, 1.54) is 23.5 Å². The van der Waals surface area contributed by atoms with Crippen LogP contribution in [0.2, 0.25) is 5.02 Å². The SMILES string of the molecule is O=C1CCCN1c1ccc(S(=O)(=O)Nc2nc3ccc(Cl)cc3s2)cc1. The maximum atomic E-state index is 12.6. The van der Waals surface area contributed by atoms with Gasteiger partial charge in [0.05, 0.1) is 15.1 Å². The lowest BCUT2D eigenvalue weighted by molar-refractivity contribution is -0.117. The minimum absolute atomic E-state index is 0.0619. The van der Waals surface area contributed by atoms with Crippen LogP contribution in [-0.4, -0.2) is 25.9 Å². The average molecular weight is 408 g/mol. The van der Waals surface area contributed by atoms with Gasteiger partial charge in [0.15, 0.2) is 5.13 Å².